The molecule has 0 N–H and O–H groups in total. The van der Waals surface area contributed by atoms with Gasteiger partial charge < -0.3 is 4.74 Å². The molecule has 1 rings (SSSR count). The average Bonchev–Trinajstić information content (AvgIpc) is 2.78. The molecule has 0 saturated heterocycles. The van der Waals surface area contributed by atoms with Crippen molar-refractivity contribution in [2.75, 3.05) is 18.4 Å². The van der Waals surface area contributed by atoms with Crippen molar-refractivity contribution in [2.45, 2.75) is 52.1 Å². The molecule has 0 aromatic rings. The monoisotopic (exact) mass is 266 g/mol. The predicted octanol–water partition coefficient (Wildman–Crippen LogP) is 4.46. The summed E-state index contributed by atoms with van der Waals surface area (Å²) < 4.78 is 5.64. The maximum Gasteiger partial charge on any atom is 0.0518 e. The van der Waals surface area contributed by atoms with E-state index < -0.39 is 0 Å². The van der Waals surface area contributed by atoms with Crippen LogP contribution in [0.15, 0.2) is 0 Å². The first-order valence-corrected chi connectivity index (χ1v) is 7.45. The summed E-state index contributed by atoms with van der Waals surface area (Å²) in [7, 11) is 0. The Hall–Kier alpha value is 0.540. The highest BCUT2D eigenvalue weighted by Crippen LogP contribution is 2.44. The first-order chi connectivity index (χ1) is 7.64. The Balaban J connectivity index is 2.49. The molecule has 96 valence electrons. The molecule has 1 aliphatic carbocycles. The Morgan fingerprint density at radius 2 is 1.75 bits per heavy atom. The first-order valence-electron chi connectivity index (χ1n) is 6.38. The molecule has 0 spiro atoms. The second-order valence-electron chi connectivity index (χ2n) is 5.28. The fourth-order valence-corrected chi connectivity index (χ4v) is 3.62. The minimum Gasteiger partial charge on any atom is -0.379 e. The van der Waals surface area contributed by atoms with E-state index in [2.05, 4.69) is 13.8 Å². The first kappa shape index (κ1) is 14.6. The normalized spacial score (nSPS) is 18.6. The van der Waals surface area contributed by atoms with Crippen molar-refractivity contribution in [2.24, 2.45) is 11.3 Å². The highest BCUT2D eigenvalue weighted by molar-refractivity contribution is 6.21. The molecule has 0 amide bonds. The standard InChI is InChI=1S/C13H24Cl2O/c1-11(2)16-8-7-13(9-14,10-15)12-5-3-4-6-12/h11-12H,3-10H2,1-2H3. The third kappa shape index (κ3) is 3.78. The van der Waals surface area contributed by atoms with Crippen LogP contribution >= 0.6 is 23.2 Å². The molecule has 1 aliphatic rings. The van der Waals surface area contributed by atoms with Crippen LogP contribution in [0.4, 0.5) is 0 Å². The summed E-state index contributed by atoms with van der Waals surface area (Å²) >= 11 is 12.4. The zero-order chi connectivity index (χ0) is 12.0. The fraction of sp³-hybridized carbons (Fsp3) is 1.00. The van der Waals surface area contributed by atoms with E-state index in [9.17, 15) is 0 Å². The van der Waals surface area contributed by atoms with Crippen molar-refractivity contribution < 1.29 is 4.74 Å². The van der Waals surface area contributed by atoms with Gasteiger partial charge in [-0.15, -0.1) is 23.2 Å². The summed E-state index contributed by atoms with van der Waals surface area (Å²) in [6, 6.07) is 0. The highest BCUT2D eigenvalue weighted by atomic mass is 35.5. The van der Waals surface area contributed by atoms with Crippen LogP contribution in [-0.4, -0.2) is 24.5 Å². The summed E-state index contributed by atoms with van der Waals surface area (Å²) in [6.45, 7) is 4.92. The lowest BCUT2D eigenvalue weighted by atomic mass is 9.75. The Morgan fingerprint density at radius 3 is 2.19 bits per heavy atom. The molecule has 1 nitrogen and oxygen atoms in total. The predicted molar refractivity (Wildman–Crippen MR) is 71.5 cm³/mol. The van der Waals surface area contributed by atoms with Gasteiger partial charge in [0, 0.05) is 23.8 Å². The van der Waals surface area contributed by atoms with Crippen LogP contribution in [-0.2, 0) is 4.74 Å². The average molecular weight is 267 g/mol. The van der Waals surface area contributed by atoms with E-state index in [4.69, 9.17) is 27.9 Å². The van der Waals surface area contributed by atoms with Crippen LogP contribution in [0, 0.1) is 11.3 Å². The van der Waals surface area contributed by atoms with Gasteiger partial charge in [0.25, 0.3) is 0 Å². The lowest BCUT2D eigenvalue weighted by Crippen LogP contribution is -2.35. The van der Waals surface area contributed by atoms with Gasteiger partial charge in [-0.25, -0.2) is 0 Å². The maximum absolute atomic E-state index is 6.18. The molecule has 1 saturated carbocycles. The van der Waals surface area contributed by atoms with Crippen LogP contribution < -0.4 is 0 Å². The minimum absolute atomic E-state index is 0.106. The van der Waals surface area contributed by atoms with Crippen molar-refractivity contribution in [1.82, 2.24) is 0 Å². The molecule has 16 heavy (non-hydrogen) atoms. The summed E-state index contributed by atoms with van der Waals surface area (Å²) in [6.07, 6.45) is 6.56. The van der Waals surface area contributed by atoms with E-state index in [1.807, 2.05) is 0 Å². The number of hydrogen-bond donors (Lipinski definition) is 0. The van der Waals surface area contributed by atoms with Crippen LogP contribution in [0.5, 0.6) is 0 Å². The molecule has 0 radical (unpaired) electrons. The number of hydrogen-bond acceptors (Lipinski definition) is 1. The van der Waals surface area contributed by atoms with Crippen LogP contribution in [0.3, 0.4) is 0 Å². The number of alkyl halides is 2. The molecule has 1 fully saturated rings. The van der Waals surface area contributed by atoms with Crippen molar-refractivity contribution >= 4 is 23.2 Å². The van der Waals surface area contributed by atoms with Crippen molar-refractivity contribution in [3.05, 3.63) is 0 Å². The summed E-state index contributed by atoms with van der Waals surface area (Å²) in [5.74, 6) is 2.05. The van der Waals surface area contributed by atoms with E-state index in [0.717, 1.165) is 13.0 Å². The largest absolute Gasteiger partial charge is 0.379 e. The van der Waals surface area contributed by atoms with Gasteiger partial charge in [0.1, 0.15) is 0 Å². The molecule has 0 bridgehead atoms. The molecule has 0 unspecified atom stereocenters. The molecule has 0 heterocycles. The van der Waals surface area contributed by atoms with Gasteiger partial charge in [0.05, 0.1) is 6.10 Å². The molecule has 0 aromatic carbocycles. The number of halogens is 2. The quantitative estimate of drug-likeness (QED) is 0.619. The van der Waals surface area contributed by atoms with Gasteiger partial charge in [0.2, 0.25) is 0 Å². The third-order valence-electron chi connectivity index (χ3n) is 3.80. The van der Waals surface area contributed by atoms with Crippen LogP contribution in [0.25, 0.3) is 0 Å². The second kappa shape index (κ2) is 7.08. The van der Waals surface area contributed by atoms with Crippen LogP contribution in [0.2, 0.25) is 0 Å². The maximum atomic E-state index is 6.18. The molecule has 0 aliphatic heterocycles. The van der Waals surface area contributed by atoms with E-state index in [0.29, 0.717) is 23.8 Å². The summed E-state index contributed by atoms with van der Waals surface area (Å²) in [5.41, 5.74) is 0.106. The Kier molecular flexibility index (Phi) is 6.46. The zero-order valence-electron chi connectivity index (χ0n) is 10.5. The van der Waals surface area contributed by atoms with E-state index >= 15 is 0 Å². The molecule has 0 aromatic heterocycles. The van der Waals surface area contributed by atoms with Gasteiger partial charge in [-0.3, -0.25) is 0 Å². The van der Waals surface area contributed by atoms with Crippen molar-refractivity contribution in [1.29, 1.82) is 0 Å². The smallest absolute Gasteiger partial charge is 0.0518 e. The van der Waals surface area contributed by atoms with Gasteiger partial charge in [-0.2, -0.15) is 0 Å². The van der Waals surface area contributed by atoms with Gasteiger partial charge in [-0.05, 0) is 39.0 Å². The third-order valence-corrected chi connectivity index (χ3v) is 4.87. The Morgan fingerprint density at radius 1 is 1.19 bits per heavy atom. The van der Waals surface area contributed by atoms with Crippen molar-refractivity contribution in [3.63, 3.8) is 0 Å². The topological polar surface area (TPSA) is 9.23 Å². The lowest BCUT2D eigenvalue weighted by molar-refractivity contribution is 0.0461. The SMILES string of the molecule is CC(C)OCCC(CCl)(CCl)C1CCCC1. The molecular formula is C13H24Cl2O. The van der Waals surface area contributed by atoms with Crippen LogP contribution in [0.1, 0.15) is 46.0 Å². The molecule has 0 atom stereocenters. The minimum atomic E-state index is 0.106. The van der Waals surface area contributed by atoms with Gasteiger partial charge >= 0.3 is 0 Å². The van der Waals surface area contributed by atoms with E-state index in [-0.39, 0.29) is 5.41 Å². The Labute approximate surface area is 110 Å². The van der Waals surface area contributed by atoms with Gasteiger partial charge in [-0.1, -0.05) is 12.8 Å². The lowest BCUT2D eigenvalue weighted by Gasteiger charge is -2.36. The molecular weight excluding hydrogens is 243 g/mol. The second-order valence-corrected chi connectivity index (χ2v) is 5.82. The van der Waals surface area contributed by atoms with E-state index in [1.165, 1.54) is 25.7 Å². The highest BCUT2D eigenvalue weighted by Gasteiger charge is 2.38. The number of rotatable bonds is 7. The Bertz CT molecular complexity index is 184. The molecule has 3 heteroatoms. The van der Waals surface area contributed by atoms with Crippen molar-refractivity contribution in [3.8, 4) is 0 Å². The van der Waals surface area contributed by atoms with Gasteiger partial charge in [0.15, 0.2) is 0 Å². The van der Waals surface area contributed by atoms with E-state index in [1.54, 1.807) is 0 Å². The zero-order valence-corrected chi connectivity index (χ0v) is 12.0. The number of ether oxygens (including phenoxy) is 1. The summed E-state index contributed by atoms with van der Waals surface area (Å²) in [4.78, 5) is 0. The fourth-order valence-electron chi connectivity index (χ4n) is 2.63. The summed E-state index contributed by atoms with van der Waals surface area (Å²) in [5, 5.41) is 0.